The molecule has 17 heavy (non-hydrogen) atoms. The van der Waals surface area contributed by atoms with Crippen LogP contribution in [0.15, 0.2) is 36.4 Å². The van der Waals surface area contributed by atoms with Gasteiger partial charge >= 0.3 is 0 Å². The fraction of sp³-hybridized carbons (Fsp3) is 0.267. The van der Waals surface area contributed by atoms with E-state index in [-0.39, 0.29) is 0 Å². The van der Waals surface area contributed by atoms with Gasteiger partial charge in [0.2, 0.25) is 6.08 Å². The quantitative estimate of drug-likeness (QED) is 0.597. The number of nitrogens with one attached hydrogen (secondary N) is 1. The molecule has 0 fully saturated rings. The number of allylic oxidation sites excluding steroid dienone is 3. The standard InChI is InChI=1S/C14H16.CHNO/c1-2-3-7-12-9-6-10-13-8-4-5-11-14(12)13;2-1-3/h4-8,10-11H,2-3,9H2,1H3;2H. The summed E-state index contributed by atoms with van der Waals surface area (Å²) in [5.74, 6) is 0. The molecule has 1 N–H and O–H groups in total. The molecule has 0 aromatic heterocycles. The highest BCUT2D eigenvalue weighted by Gasteiger charge is 2.07. The smallest absolute Gasteiger partial charge is 0.222 e. The predicted octanol–water partition coefficient (Wildman–Crippen LogP) is 4.19. The fourth-order valence-electron chi connectivity index (χ4n) is 1.87. The number of isocyanates is 1. The first-order valence-corrected chi connectivity index (χ1v) is 5.82. The van der Waals surface area contributed by atoms with Crippen LogP contribution < -0.4 is 0 Å². The van der Waals surface area contributed by atoms with E-state index in [2.05, 4.69) is 49.4 Å². The van der Waals surface area contributed by atoms with Gasteiger partial charge in [-0.1, -0.05) is 55.8 Å². The molecule has 1 aliphatic rings. The summed E-state index contributed by atoms with van der Waals surface area (Å²) in [5.41, 5.74) is 4.27. The molecule has 0 saturated heterocycles. The summed E-state index contributed by atoms with van der Waals surface area (Å²) in [7, 11) is 0. The number of benzene rings is 1. The molecule has 2 nitrogen and oxygen atoms in total. The second-order valence-electron chi connectivity index (χ2n) is 3.81. The Kier molecular flexibility index (Phi) is 5.70. The van der Waals surface area contributed by atoms with Crippen LogP contribution in [0.4, 0.5) is 0 Å². The molecule has 1 aromatic carbocycles. The largest absolute Gasteiger partial charge is 0.231 e. The molecule has 0 unspecified atom stereocenters. The van der Waals surface area contributed by atoms with Gasteiger partial charge in [-0.3, -0.25) is 0 Å². The number of hydrogen-bond donors (Lipinski definition) is 1. The highest BCUT2D eigenvalue weighted by atomic mass is 16.1. The van der Waals surface area contributed by atoms with Gasteiger partial charge in [-0.15, -0.1) is 0 Å². The van der Waals surface area contributed by atoms with E-state index < -0.39 is 0 Å². The van der Waals surface area contributed by atoms with Crippen LogP contribution in [-0.4, -0.2) is 6.08 Å². The van der Waals surface area contributed by atoms with E-state index in [0.717, 1.165) is 12.5 Å². The molecule has 0 spiro atoms. The van der Waals surface area contributed by atoms with Gasteiger partial charge in [0, 0.05) is 0 Å². The molecule has 0 radical (unpaired) electrons. The van der Waals surface area contributed by atoms with E-state index in [9.17, 15) is 0 Å². The third-order valence-electron chi connectivity index (χ3n) is 2.62. The lowest BCUT2D eigenvalue weighted by Gasteiger charge is -2.13. The Morgan fingerprint density at radius 2 is 2.12 bits per heavy atom. The number of rotatable bonds is 2. The van der Waals surface area contributed by atoms with Gasteiger partial charge in [0.25, 0.3) is 0 Å². The minimum atomic E-state index is 0.750. The van der Waals surface area contributed by atoms with Crippen molar-refractivity contribution in [2.45, 2.75) is 26.2 Å². The van der Waals surface area contributed by atoms with Crippen molar-refractivity contribution in [2.75, 3.05) is 0 Å². The Morgan fingerprint density at radius 3 is 2.82 bits per heavy atom. The van der Waals surface area contributed by atoms with E-state index in [4.69, 9.17) is 10.2 Å². The van der Waals surface area contributed by atoms with Crippen molar-refractivity contribution in [1.82, 2.24) is 0 Å². The van der Waals surface area contributed by atoms with Crippen molar-refractivity contribution in [3.05, 3.63) is 47.5 Å². The highest BCUT2D eigenvalue weighted by Crippen LogP contribution is 2.28. The molecule has 1 aromatic rings. The Hall–Kier alpha value is -1.92. The van der Waals surface area contributed by atoms with E-state index in [1.807, 2.05) is 0 Å². The minimum absolute atomic E-state index is 0.750. The summed E-state index contributed by atoms with van der Waals surface area (Å²) in [6.45, 7) is 2.22. The summed E-state index contributed by atoms with van der Waals surface area (Å²) in [6.07, 6.45) is 11.1. The average molecular weight is 227 g/mol. The lowest BCUT2D eigenvalue weighted by molar-refractivity contribution is 0.563. The van der Waals surface area contributed by atoms with Gasteiger partial charge in [0.15, 0.2) is 0 Å². The first-order valence-electron chi connectivity index (χ1n) is 5.82. The fourth-order valence-corrected chi connectivity index (χ4v) is 1.87. The Balaban J connectivity index is 0.000000437. The van der Waals surface area contributed by atoms with E-state index >= 15 is 0 Å². The number of fused-ring (bicyclic) bond motifs is 1. The van der Waals surface area contributed by atoms with Crippen LogP contribution in [0, 0.1) is 5.41 Å². The number of carbonyl (C=O) groups excluding carboxylic acids is 1. The second-order valence-corrected chi connectivity index (χ2v) is 3.81. The molecule has 2 heteroatoms. The Bertz CT molecular complexity index is 452. The van der Waals surface area contributed by atoms with Crippen molar-refractivity contribution in [2.24, 2.45) is 0 Å². The monoisotopic (exact) mass is 227 g/mol. The maximum Gasteiger partial charge on any atom is 0.231 e. The summed E-state index contributed by atoms with van der Waals surface area (Å²) >= 11 is 0. The molecule has 0 atom stereocenters. The van der Waals surface area contributed by atoms with E-state index in [0.29, 0.717) is 0 Å². The van der Waals surface area contributed by atoms with Gasteiger partial charge in [-0.05, 0) is 29.5 Å². The van der Waals surface area contributed by atoms with Crippen molar-refractivity contribution < 1.29 is 4.79 Å². The summed E-state index contributed by atoms with van der Waals surface area (Å²) in [6, 6.07) is 8.63. The molecular formula is C15H17NO. The molecule has 88 valence electrons. The number of unbranched alkanes of at least 4 members (excludes halogenated alkanes) is 1. The SMILES string of the molecule is CCCC=C1CC=Cc2ccccc21.N=C=O. The zero-order valence-electron chi connectivity index (χ0n) is 10.1. The molecule has 0 bridgehead atoms. The van der Waals surface area contributed by atoms with Crippen molar-refractivity contribution in [1.29, 1.82) is 5.41 Å². The highest BCUT2D eigenvalue weighted by molar-refractivity contribution is 5.79. The molecule has 2 rings (SSSR count). The molecular weight excluding hydrogens is 210 g/mol. The van der Waals surface area contributed by atoms with Crippen LogP contribution in [0.1, 0.15) is 37.3 Å². The topological polar surface area (TPSA) is 40.9 Å². The van der Waals surface area contributed by atoms with Gasteiger partial charge in [-0.2, -0.15) is 0 Å². The van der Waals surface area contributed by atoms with Crippen molar-refractivity contribution >= 4 is 17.7 Å². The van der Waals surface area contributed by atoms with Crippen LogP contribution in [0.25, 0.3) is 11.6 Å². The maximum atomic E-state index is 8.35. The average Bonchev–Trinajstić information content (AvgIpc) is 2.37. The number of hydrogen-bond acceptors (Lipinski definition) is 2. The van der Waals surface area contributed by atoms with Crippen molar-refractivity contribution in [3.63, 3.8) is 0 Å². The van der Waals surface area contributed by atoms with Gasteiger partial charge in [0.05, 0.1) is 0 Å². The van der Waals surface area contributed by atoms with Crippen LogP contribution in [0.2, 0.25) is 0 Å². The summed E-state index contributed by atoms with van der Waals surface area (Å²) in [5, 5.41) is 5.40. The minimum Gasteiger partial charge on any atom is -0.222 e. The maximum absolute atomic E-state index is 8.35. The van der Waals surface area contributed by atoms with Crippen LogP contribution >= 0.6 is 0 Å². The Morgan fingerprint density at radius 1 is 1.41 bits per heavy atom. The van der Waals surface area contributed by atoms with Crippen LogP contribution in [-0.2, 0) is 4.79 Å². The second kappa shape index (κ2) is 7.37. The lowest BCUT2D eigenvalue weighted by Crippen LogP contribution is -1.92. The molecule has 0 heterocycles. The normalized spacial score (nSPS) is 14.5. The van der Waals surface area contributed by atoms with E-state index in [1.54, 1.807) is 0 Å². The third-order valence-corrected chi connectivity index (χ3v) is 2.62. The van der Waals surface area contributed by atoms with E-state index in [1.165, 1.54) is 29.5 Å². The summed E-state index contributed by atoms with van der Waals surface area (Å²) < 4.78 is 0. The Labute approximate surface area is 102 Å². The molecule has 0 aliphatic heterocycles. The first kappa shape index (κ1) is 13.1. The molecule has 1 aliphatic carbocycles. The third kappa shape index (κ3) is 3.86. The molecule has 0 amide bonds. The van der Waals surface area contributed by atoms with Crippen molar-refractivity contribution in [3.8, 4) is 0 Å². The first-order chi connectivity index (χ1) is 8.33. The zero-order valence-corrected chi connectivity index (χ0v) is 10.1. The van der Waals surface area contributed by atoms with Crippen LogP contribution in [0.3, 0.4) is 0 Å². The van der Waals surface area contributed by atoms with Gasteiger partial charge in [0.1, 0.15) is 0 Å². The van der Waals surface area contributed by atoms with Gasteiger partial charge < -0.3 is 0 Å². The lowest BCUT2D eigenvalue weighted by atomic mass is 9.91. The zero-order chi connectivity index (χ0) is 12.5. The van der Waals surface area contributed by atoms with Gasteiger partial charge in [-0.25, -0.2) is 10.2 Å². The summed E-state index contributed by atoms with van der Waals surface area (Å²) in [4.78, 5) is 8.35. The predicted molar refractivity (Wildman–Crippen MR) is 71.4 cm³/mol. The van der Waals surface area contributed by atoms with Crippen LogP contribution in [0.5, 0.6) is 0 Å². The molecule has 0 saturated carbocycles.